The number of carbonyl (C=O) groups is 2. The maximum atomic E-state index is 12.3. The molecule has 1 aromatic heterocycles. The average Bonchev–Trinajstić information content (AvgIpc) is 3.10. The number of Topliss-reactive ketones (excluding diaryl/α,β-unsaturated/α-hetero) is 1. The predicted octanol–water partition coefficient (Wildman–Crippen LogP) is 2.37. The van der Waals surface area contributed by atoms with Crippen LogP contribution in [0.15, 0.2) is 36.9 Å². The van der Waals surface area contributed by atoms with Crippen molar-refractivity contribution >= 4 is 11.7 Å². The first-order valence-electron chi connectivity index (χ1n) is 8.00. The Morgan fingerprint density at radius 3 is 2.83 bits per heavy atom. The number of rotatable bonds is 9. The molecule has 0 radical (unpaired) electrons. The Labute approximate surface area is 141 Å². The number of carbonyl (C=O) groups excluding carboxylic acids is 2. The van der Waals surface area contributed by atoms with Gasteiger partial charge in [-0.1, -0.05) is 11.6 Å². The number of aromatic nitrogens is 2. The monoisotopic (exact) mass is 329 g/mol. The fourth-order valence-electron chi connectivity index (χ4n) is 2.40. The van der Waals surface area contributed by atoms with Crippen LogP contribution in [0.2, 0.25) is 0 Å². The number of aryl methyl sites for hydroxylation is 2. The van der Waals surface area contributed by atoms with Gasteiger partial charge in [0, 0.05) is 38.3 Å². The first-order valence-corrected chi connectivity index (χ1v) is 8.00. The first-order chi connectivity index (χ1) is 11.6. The predicted molar refractivity (Wildman–Crippen MR) is 91.1 cm³/mol. The normalized spacial score (nSPS) is 10.4. The summed E-state index contributed by atoms with van der Waals surface area (Å²) >= 11 is 0. The lowest BCUT2D eigenvalue weighted by molar-refractivity contribution is -0.121. The molecule has 1 amide bonds. The van der Waals surface area contributed by atoms with Gasteiger partial charge >= 0.3 is 0 Å². The van der Waals surface area contributed by atoms with Crippen molar-refractivity contribution in [2.75, 3.05) is 13.7 Å². The number of nitrogens with zero attached hydrogens (tertiary/aromatic N) is 2. The summed E-state index contributed by atoms with van der Waals surface area (Å²) in [4.78, 5) is 28.1. The van der Waals surface area contributed by atoms with Crippen LogP contribution in [0.3, 0.4) is 0 Å². The van der Waals surface area contributed by atoms with E-state index in [9.17, 15) is 9.59 Å². The highest BCUT2D eigenvalue weighted by Gasteiger charge is 2.14. The molecule has 2 rings (SSSR count). The minimum atomic E-state index is -0.111. The van der Waals surface area contributed by atoms with E-state index in [1.165, 1.54) is 7.11 Å². The van der Waals surface area contributed by atoms with E-state index in [2.05, 4.69) is 10.3 Å². The lowest BCUT2D eigenvalue weighted by Gasteiger charge is -2.09. The van der Waals surface area contributed by atoms with Gasteiger partial charge in [0.15, 0.2) is 5.78 Å². The zero-order chi connectivity index (χ0) is 17.4. The number of nitrogens with one attached hydrogen (secondary N) is 1. The van der Waals surface area contributed by atoms with Crippen LogP contribution in [-0.2, 0) is 11.3 Å². The minimum absolute atomic E-state index is 0.0795. The number of ether oxygens (including phenoxy) is 1. The average molecular weight is 329 g/mol. The molecule has 0 fully saturated rings. The van der Waals surface area contributed by atoms with Crippen molar-refractivity contribution in [3.63, 3.8) is 0 Å². The van der Waals surface area contributed by atoms with Gasteiger partial charge in [-0.05, 0) is 25.5 Å². The maximum absolute atomic E-state index is 12.3. The third-order valence-electron chi connectivity index (χ3n) is 3.71. The third-order valence-corrected chi connectivity index (χ3v) is 3.71. The fraction of sp³-hybridized carbons (Fsp3) is 0.389. The Morgan fingerprint density at radius 2 is 2.12 bits per heavy atom. The molecule has 0 saturated heterocycles. The summed E-state index contributed by atoms with van der Waals surface area (Å²) in [6.07, 6.45) is 6.53. The van der Waals surface area contributed by atoms with Gasteiger partial charge < -0.3 is 14.6 Å². The molecule has 2 aromatic rings. The smallest absolute Gasteiger partial charge is 0.220 e. The largest absolute Gasteiger partial charge is 0.496 e. The van der Waals surface area contributed by atoms with Crippen LogP contribution in [0, 0.1) is 6.92 Å². The zero-order valence-corrected chi connectivity index (χ0v) is 14.1. The zero-order valence-electron chi connectivity index (χ0n) is 14.1. The molecule has 0 atom stereocenters. The minimum Gasteiger partial charge on any atom is -0.496 e. The summed E-state index contributed by atoms with van der Waals surface area (Å²) in [7, 11) is 1.54. The Hall–Kier alpha value is -2.63. The van der Waals surface area contributed by atoms with Crippen LogP contribution in [0.4, 0.5) is 0 Å². The lowest BCUT2D eigenvalue weighted by Crippen LogP contribution is -2.25. The van der Waals surface area contributed by atoms with Crippen molar-refractivity contribution in [3.05, 3.63) is 48.0 Å². The Bertz CT molecular complexity index is 681. The van der Waals surface area contributed by atoms with Crippen LogP contribution in [0.1, 0.15) is 35.2 Å². The summed E-state index contributed by atoms with van der Waals surface area (Å²) in [5, 5.41) is 2.84. The van der Waals surface area contributed by atoms with Crippen molar-refractivity contribution in [2.24, 2.45) is 0 Å². The van der Waals surface area contributed by atoms with Crippen molar-refractivity contribution < 1.29 is 14.3 Å². The van der Waals surface area contributed by atoms with E-state index in [4.69, 9.17) is 4.74 Å². The van der Waals surface area contributed by atoms with E-state index in [1.54, 1.807) is 24.7 Å². The number of methoxy groups -OCH3 is 1. The molecule has 6 heteroatoms. The van der Waals surface area contributed by atoms with E-state index in [1.807, 2.05) is 23.8 Å². The van der Waals surface area contributed by atoms with Gasteiger partial charge in [-0.15, -0.1) is 0 Å². The van der Waals surface area contributed by atoms with Crippen molar-refractivity contribution in [1.29, 1.82) is 0 Å². The SMILES string of the molecule is COc1ccc(C)cc1C(=O)CCC(=O)NCCCn1ccnc1. The van der Waals surface area contributed by atoms with Crippen LogP contribution in [0.25, 0.3) is 0 Å². The summed E-state index contributed by atoms with van der Waals surface area (Å²) in [6.45, 7) is 3.31. The molecule has 0 aliphatic rings. The van der Waals surface area contributed by atoms with Crippen molar-refractivity contribution in [2.45, 2.75) is 32.7 Å². The van der Waals surface area contributed by atoms with Crippen LogP contribution in [0.5, 0.6) is 5.75 Å². The highest BCUT2D eigenvalue weighted by Crippen LogP contribution is 2.21. The molecule has 0 bridgehead atoms. The lowest BCUT2D eigenvalue weighted by atomic mass is 10.0. The molecule has 24 heavy (non-hydrogen) atoms. The molecule has 128 valence electrons. The van der Waals surface area contributed by atoms with Crippen molar-refractivity contribution in [3.8, 4) is 5.75 Å². The number of imidazole rings is 1. The number of benzene rings is 1. The Kier molecular flexibility index (Phi) is 6.54. The third kappa shape index (κ3) is 5.22. The van der Waals surface area contributed by atoms with Crippen LogP contribution >= 0.6 is 0 Å². The number of hydrogen-bond acceptors (Lipinski definition) is 4. The van der Waals surface area contributed by atoms with E-state index in [-0.39, 0.29) is 24.5 Å². The van der Waals surface area contributed by atoms with Crippen molar-refractivity contribution in [1.82, 2.24) is 14.9 Å². The second kappa shape index (κ2) is 8.86. The molecule has 1 heterocycles. The number of hydrogen-bond donors (Lipinski definition) is 1. The molecule has 0 spiro atoms. The standard InChI is InChI=1S/C18H23N3O3/c1-14-4-6-17(24-2)15(12-14)16(22)5-7-18(23)20-8-3-10-21-11-9-19-13-21/h4,6,9,11-13H,3,5,7-8,10H2,1-2H3,(H,20,23). The molecule has 1 N–H and O–H groups in total. The number of amides is 1. The van der Waals surface area contributed by atoms with Gasteiger partial charge in [0.25, 0.3) is 0 Å². The summed E-state index contributed by atoms with van der Waals surface area (Å²) < 4.78 is 7.17. The maximum Gasteiger partial charge on any atom is 0.220 e. The van der Waals surface area contributed by atoms with Gasteiger partial charge in [-0.2, -0.15) is 0 Å². The van der Waals surface area contributed by atoms with E-state index in [0.717, 1.165) is 18.5 Å². The van der Waals surface area contributed by atoms with E-state index >= 15 is 0 Å². The van der Waals surface area contributed by atoms with E-state index in [0.29, 0.717) is 17.9 Å². The molecular weight excluding hydrogens is 306 g/mol. The molecule has 0 aliphatic heterocycles. The Morgan fingerprint density at radius 1 is 1.29 bits per heavy atom. The van der Waals surface area contributed by atoms with E-state index < -0.39 is 0 Å². The molecule has 1 aromatic carbocycles. The second-order valence-electron chi connectivity index (χ2n) is 5.63. The molecule has 0 saturated carbocycles. The topological polar surface area (TPSA) is 73.2 Å². The van der Waals surface area contributed by atoms with Gasteiger partial charge in [-0.3, -0.25) is 9.59 Å². The van der Waals surface area contributed by atoms with Gasteiger partial charge in [-0.25, -0.2) is 4.98 Å². The van der Waals surface area contributed by atoms with Gasteiger partial charge in [0.2, 0.25) is 5.91 Å². The fourth-order valence-corrected chi connectivity index (χ4v) is 2.40. The van der Waals surface area contributed by atoms with Gasteiger partial charge in [0.1, 0.15) is 5.75 Å². The van der Waals surface area contributed by atoms with Gasteiger partial charge in [0.05, 0.1) is 19.0 Å². The molecule has 0 aliphatic carbocycles. The second-order valence-corrected chi connectivity index (χ2v) is 5.63. The summed E-state index contributed by atoms with van der Waals surface area (Å²) in [6, 6.07) is 5.46. The number of ketones is 1. The van der Waals surface area contributed by atoms with Crippen LogP contribution < -0.4 is 10.1 Å². The first kappa shape index (κ1) is 17.7. The quantitative estimate of drug-likeness (QED) is 0.566. The van der Waals surface area contributed by atoms with Crippen LogP contribution in [-0.4, -0.2) is 34.9 Å². The molecule has 6 nitrogen and oxygen atoms in total. The molecule has 0 unspecified atom stereocenters. The highest BCUT2D eigenvalue weighted by molar-refractivity contribution is 6.00. The highest BCUT2D eigenvalue weighted by atomic mass is 16.5. The Balaban J connectivity index is 1.73. The molecular formula is C18H23N3O3. The summed E-state index contributed by atoms with van der Waals surface area (Å²) in [5.74, 6) is 0.357. The summed E-state index contributed by atoms with van der Waals surface area (Å²) in [5.41, 5.74) is 1.52.